The first-order chi connectivity index (χ1) is 13.8. The molecular weight excluding hydrogens is 370 g/mol. The van der Waals surface area contributed by atoms with E-state index in [0.29, 0.717) is 11.4 Å². The highest BCUT2D eigenvalue weighted by molar-refractivity contribution is 7.19. The number of thiophene rings is 1. The average Bonchev–Trinajstić information content (AvgIpc) is 3.40. The van der Waals surface area contributed by atoms with Crippen LogP contribution in [0.25, 0.3) is 15.9 Å². The van der Waals surface area contributed by atoms with Crippen LogP contribution in [0.1, 0.15) is 33.6 Å². The number of benzene rings is 1. The van der Waals surface area contributed by atoms with Gasteiger partial charge in [-0.15, -0.1) is 11.3 Å². The predicted molar refractivity (Wildman–Crippen MR) is 111 cm³/mol. The van der Waals surface area contributed by atoms with E-state index in [0.717, 1.165) is 28.7 Å². The van der Waals surface area contributed by atoms with E-state index in [1.54, 1.807) is 17.7 Å². The van der Waals surface area contributed by atoms with E-state index >= 15 is 0 Å². The van der Waals surface area contributed by atoms with Crippen molar-refractivity contribution in [1.29, 1.82) is 0 Å². The zero-order chi connectivity index (χ0) is 18.9. The number of aromatic nitrogens is 3. The summed E-state index contributed by atoms with van der Waals surface area (Å²) < 4.78 is 1.92. The number of nitrogens with zero attached hydrogens (tertiary/aromatic N) is 3. The molecule has 1 amide bonds. The summed E-state index contributed by atoms with van der Waals surface area (Å²) in [6.07, 6.45) is 9.95. The molecule has 0 spiro atoms. The standard InChI is InChI=1S/C21H19N5OS/c27-20(14-7-1-3-9-16(14)26-11-5-6-12-26)25-24-19-18-15-8-2-4-10-17(15)28-21(18)23-13-22-19/h1,3,5-7,9,11-13H,2,4,8,10H2,(H,25,27)(H,22,23,24). The van der Waals surface area contributed by atoms with Crippen LogP contribution in [0.15, 0.2) is 55.1 Å². The number of carbonyl (C=O) groups excluding carboxylic acids is 1. The fourth-order valence-electron chi connectivity index (χ4n) is 3.75. The van der Waals surface area contributed by atoms with E-state index in [1.165, 1.54) is 23.3 Å². The molecule has 5 rings (SSSR count). The third-order valence-electron chi connectivity index (χ3n) is 5.08. The van der Waals surface area contributed by atoms with Crippen molar-refractivity contribution in [3.8, 4) is 5.69 Å². The summed E-state index contributed by atoms with van der Waals surface area (Å²) in [6, 6.07) is 11.4. The molecule has 1 aromatic carbocycles. The first kappa shape index (κ1) is 16.9. The molecule has 3 aromatic heterocycles. The molecular formula is C21H19N5OS. The van der Waals surface area contributed by atoms with Crippen molar-refractivity contribution >= 4 is 33.3 Å². The fourth-order valence-corrected chi connectivity index (χ4v) is 4.98. The Labute approximate surface area is 166 Å². The molecule has 140 valence electrons. The van der Waals surface area contributed by atoms with Gasteiger partial charge in [0.1, 0.15) is 11.2 Å². The first-order valence-corrected chi connectivity index (χ1v) is 10.2. The molecule has 1 aliphatic rings. The minimum Gasteiger partial charge on any atom is -0.323 e. The lowest BCUT2D eigenvalue weighted by molar-refractivity contribution is 0.0962. The molecule has 0 fully saturated rings. The fraction of sp³-hybridized carbons (Fsp3) is 0.190. The second kappa shape index (κ2) is 7.09. The van der Waals surface area contributed by atoms with E-state index in [4.69, 9.17) is 0 Å². The third kappa shape index (κ3) is 2.93. The highest BCUT2D eigenvalue weighted by atomic mass is 32.1. The summed E-state index contributed by atoms with van der Waals surface area (Å²) in [5.74, 6) is 0.455. The Bertz CT molecular complexity index is 1150. The molecule has 4 aromatic rings. The zero-order valence-electron chi connectivity index (χ0n) is 15.2. The molecule has 3 heterocycles. The number of hydrogen-bond acceptors (Lipinski definition) is 5. The Morgan fingerprint density at radius 2 is 1.86 bits per heavy atom. The normalized spacial score (nSPS) is 13.3. The SMILES string of the molecule is O=C(NNc1ncnc2sc3c(c12)CCCC3)c1ccccc1-n1cccc1. The minimum absolute atomic E-state index is 0.208. The van der Waals surface area contributed by atoms with Crippen molar-refractivity contribution in [2.24, 2.45) is 0 Å². The molecule has 0 aliphatic heterocycles. The molecule has 0 unspecified atom stereocenters. The summed E-state index contributed by atoms with van der Waals surface area (Å²) in [5, 5.41) is 1.04. The van der Waals surface area contributed by atoms with Gasteiger partial charge in [0, 0.05) is 17.3 Å². The van der Waals surface area contributed by atoms with Gasteiger partial charge in [-0.2, -0.15) is 0 Å². The van der Waals surface area contributed by atoms with Crippen LogP contribution in [0.5, 0.6) is 0 Å². The Morgan fingerprint density at radius 3 is 2.75 bits per heavy atom. The van der Waals surface area contributed by atoms with Crippen molar-refractivity contribution in [3.63, 3.8) is 0 Å². The van der Waals surface area contributed by atoms with Crippen LogP contribution in [-0.4, -0.2) is 20.4 Å². The van der Waals surface area contributed by atoms with Gasteiger partial charge in [0.2, 0.25) is 0 Å². The lowest BCUT2D eigenvalue weighted by atomic mass is 9.97. The summed E-state index contributed by atoms with van der Waals surface area (Å²) in [7, 11) is 0. The summed E-state index contributed by atoms with van der Waals surface area (Å²) in [6.45, 7) is 0. The van der Waals surface area contributed by atoms with Gasteiger partial charge >= 0.3 is 0 Å². The highest BCUT2D eigenvalue weighted by Crippen LogP contribution is 2.37. The summed E-state index contributed by atoms with van der Waals surface area (Å²) in [5.41, 5.74) is 8.60. The van der Waals surface area contributed by atoms with Crippen molar-refractivity contribution in [1.82, 2.24) is 20.0 Å². The van der Waals surface area contributed by atoms with Crippen molar-refractivity contribution in [2.75, 3.05) is 5.43 Å². The van der Waals surface area contributed by atoms with Gasteiger partial charge in [-0.25, -0.2) is 9.97 Å². The van der Waals surface area contributed by atoms with E-state index in [2.05, 4.69) is 20.8 Å². The molecule has 28 heavy (non-hydrogen) atoms. The smallest absolute Gasteiger partial charge is 0.271 e. The Kier molecular flexibility index (Phi) is 4.29. The van der Waals surface area contributed by atoms with Gasteiger partial charge in [0.15, 0.2) is 5.82 Å². The maximum absolute atomic E-state index is 12.9. The van der Waals surface area contributed by atoms with Gasteiger partial charge in [0.25, 0.3) is 5.91 Å². The number of rotatable bonds is 4. The van der Waals surface area contributed by atoms with Gasteiger partial charge in [-0.1, -0.05) is 12.1 Å². The van der Waals surface area contributed by atoms with Gasteiger partial charge in [-0.05, 0) is 55.5 Å². The first-order valence-electron chi connectivity index (χ1n) is 9.35. The van der Waals surface area contributed by atoms with Crippen LogP contribution >= 0.6 is 11.3 Å². The number of amides is 1. The number of aryl methyl sites for hydroxylation is 2. The van der Waals surface area contributed by atoms with Gasteiger partial charge in [-0.3, -0.25) is 15.6 Å². The van der Waals surface area contributed by atoms with Crippen LogP contribution < -0.4 is 10.9 Å². The minimum atomic E-state index is -0.208. The summed E-state index contributed by atoms with van der Waals surface area (Å²) in [4.78, 5) is 24.1. The molecule has 0 saturated carbocycles. The quantitative estimate of drug-likeness (QED) is 0.515. The van der Waals surface area contributed by atoms with Crippen LogP contribution in [0.3, 0.4) is 0 Å². The van der Waals surface area contributed by atoms with Crippen LogP contribution in [-0.2, 0) is 12.8 Å². The second-order valence-corrected chi connectivity index (χ2v) is 7.88. The highest BCUT2D eigenvalue weighted by Gasteiger charge is 2.20. The Morgan fingerprint density at radius 1 is 1.04 bits per heavy atom. The van der Waals surface area contributed by atoms with Crippen molar-refractivity contribution in [2.45, 2.75) is 25.7 Å². The van der Waals surface area contributed by atoms with E-state index < -0.39 is 0 Å². The van der Waals surface area contributed by atoms with E-state index in [1.807, 2.05) is 53.4 Å². The Balaban J connectivity index is 1.43. The lowest BCUT2D eigenvalue weighted by Gasteiger charge is -2.14. The number of hydrogen-bond donors (Lipinski definition) is 2. The average molecular weight is 389 g/mol. The number of anilines is 1. The molecule has 2 N–H and O–H groups in total. The van der Waals surface area contributed by atoms with Crippen molar-refractivity contribution < 1.29 is 4.79 Å². The van der Waals surface area contributed by atoms with E-state index in [9.17, 15) is 4.79 Å². The van der Waals surface area contributed by atoms with Crippen LogP contribution in [0, 0.1) is 0 Å². The Hall–Kier alpha value is -3.19. The number of fused-ring (bicyclic) bond motifs is 3. The number of hydrazine groups is 1. The molecule has 0 radical (unpaired) electrons. The maximum atomic E-state index is 12.9. The number of nitrogens with one attached hydrogen (secondary N) is 2. The van der Waals surface area contributed by atoms with Crippen LogP contribution in [0.2, 0.25) is 0 Å². The third-order valence-corrected chi connectivity index (χ3v) is 6.28. The molecule has 1 aliphatic carbocycles. The summed E-state index contributed by atoms with van der Waals surface area (Å²) >= 11 is 1.74. The molecule has 6 nitrogen and oxygen atoms in total. The number of carbonyl (C=O) groups is 1. The predicted octanol–water partition coefficient (Wildman–Crippen LogP) is 4.12. The maximum Gasteiger partial charge on any atom is 0.271 e. The van der Waals surface area contributed by atoms with Crippen LogP contribution in [0.4, 0.5) is 5.82 Å². The second-order valence-electron chi connectivity index (χ2n) is 6.80. The van der Waals surface area contributed by atoms with Gasteiger partial charge in [0.05, 0.1) is 16.6 Å². The lowest BCUT2D eigenvalue weighted by Crippen LogP contribution is -2.30. The molecule has 0 bridgehead atoms. The van der Waals surface area contributed by atoms with Gasteiger partial charge < -0.3 is 4.57 Å². The topological polar surface area (TPSA) is 71.8 Å². The monoisotopic (exact) mass is 389 g/mol. The van der Waals surface area contributed by atoms with Crippen molar-refractivity contribution in [3.05, 3.63) is 71.1 Å². The molecule has 0 atom stereocenters. The largest absolute Gasteiger partial charge is 0.323 e. The van der Waals surface area contributed by atoms with E-state index in [-0.39, 0.29) is 5.91 Å². The molecule has 0 saturated heterocycles. The number of para-hydroxylation sites is 1. The zero-order valence-corrected chi connectivity index (χ0v) is 16.0. The molecule has 7 heteroatoms.